The van der Waals surface area contributed by atoms with Gasteiger partial charge in [0, 0.05) is 12.1 Å². The van der Waals surface area contributed by atoms with E-state index in [4.69, 9.17) is 9.47 Å². The summed E-state index contributed by atoms with van der Waals surface area (Å²) in [5.74, 6) is 0.932. The largest absolute Gasteiger partial charge is 0.494 e. The molecule has 0 radical (unpaired) electrons. The van der Waals surface area contributed by atoms with Crippen LogP contribution in [0, 0.1) is 0 Å². The molecule has 0 aromatic heterocycles. The number of nitrogens with one attached hydrogen (secondary N) is 1. The maximum absolute atomic E-state index is 5.62. The molecular weight excluding hydrogens is 238 g/mol. The van der Waals surface area contributed by atoms with Gasteiger partial charge >= 0.3 is 0 Å². The van der Waals surface area contributed by atoms with E-state index in [2.05, 4.69) is 38.2 Å². The summed E-state index contributed by atoms with van der Waals surface area (Å²) in [7, 11) is 0. The van der Waals surface area contributed by atoms with E-state index in [0.29, 0.717) is 6.61 Å². The predicted molar refractivity (Wildman–Crippen MR) is 79.9 cm³/mol. The Bertz CT molecular complexity index is 341. The molecule has 0 spiro atoms. The number of hydrogen-bond acceptors (Lipinski definition) is 3. The summed E-state index contributed by atoms with van der Waals surface area (Å²) in [5.41, 5.74) is 1.45. The molecule has 0 aliphatic rings. The van der Waals surface area contributed by atoms with E-state index in [9.17, 15) is 0 Å². The van der Waals surface area contributed by atoms with Crippen molar-refractivity contribution in [1.29, 1.82) is 0 Å². The summed E-state index contributed by atoms with van der Waals surface area (Å²) in [6.07, 6.45) is 0.946. The Hall–Kier alpha value is -1.06. The zero-order valence-corrected chi connectivity index (χ0v) is 12.7. The third kappa shape index (κ3) is 7.85. The van der Waals surface area contributed by atoms with Crippen LogP contribution in [-0.2, 0) is 11.2 Å². The second-order valence-electron chi connectivity index (χ2n) is 5.62. The van der Waals surface area contributed by atoms with E-state index < -0.39 is 0 Å². The standard InChI is InChI=1S/C16H27NO2/c1-5-19-15-8-6-14(7-9-15)10-12-18-13-11-17-16(2,3)4/h6-9,17H,5,10-13H2,1-4H3. The molecule has 1 aromatic carbocycles. The van der Waals surface area contributed by atoms with E-state index >= 15 is 0 Å². The topological polar surface area (TPSA) is 30.5 Å². The lowest BCUT2D eigenvalue weighted by Gasteiger charge is -2.20. The van der Waals surface area contributed by atoms with E-state index in [0.717, 1.165) is 31.9 Å². The summed E-state index contributed by atoms with van der Waals surface area (Å²) in [6.45, 7) is 11.6. The molecule has 0 aliphatic carbocycles. The van der Waals surface area contributed by atoms with E-state index in [-0.39, 0.29) is 5.54 Å². The number of benzene rings is 1. The minimum absolute atomic E-state index is 0.165. The van der Waals surface area contributed by atoms with Gasteiger partial charge in [0.15, 0.2) is 0 Å². The predicted octanol–water partition coefficient (Wildman–Crippen LogP) is 3.03. The van der Waals surface area contributed by atoms with Gasteiger partial charge in [-0.05, 0) is 51.8 Å². The monoisotopic (exact) mass is 265 g/mol. The van der Waals surface area contributed by atoms with Crippen molar-refractivity contribution in [1.82, 2.24) is 5.32 Å². The van der Waals surface area contributed by atoms with Crippen molar-refractivity contribution in [2.45, 2.75) is 39.7 Å². The maximum Gasteiger partial charge on any atom is 0.119 e. The summed E-state index contributed by atoms with van der Waals surface area (Å²) in [6, 6.07) is 8.23. The molecule has 0 bridgehead atoms. The summed E-state index contributed by atoms with van der Waals surface area (Å²) in [4.78, 5) is 0. The zero-order chi connectivity index (χ0) is 14.1. The lowest BCUT2D eigenvalue weighted by molar-refractivity contribution is 0.133. The summed E-state index contributed by atoms with van der Waals surface area (Å²) < 4.78 is 11.0. The van der Waals surface area contributed by atoms with Crippen LogP contribution in [0.1, 0.15) is 33.3 Å². The second-order valence-corrected chi connectivity index (χ2v) is 5.62. The summed E-state index contributed by atoms with van der Waals surface area (Å²) in [5, 5.41) is 3.40. The molecule has 108 valence electrons. The van der Waals surface area contributed by atoms with Crippen molar-refractivity contribution in [2.24, 2.45) is 0 Å². The fourth-order valence-electron chi connectivity index (χ4n) is 1.71. The molecule has 3 nitrogen and oxygen atoms in total. The SMILES string of the molecule is CCOc1ccc(CCOCCNC(C)(C)C)cc1. The normalized spacial score (nSPS) is 11.6. The molecule has 0 fully saturated rings. The van der Waals surface area contributed by atoms with Gasteiger partial charge in [-0.15, -0.1) is 0 Å². The summed E-state index contributed by atoms with van der Waals surface area (Å²) >= 11 is 0. The molecule has 0 saturated carbocycles. The Labute approximate surface area is 117 Å². The minimum Gasteiger partial charge on any atom is -0.494 e. The first kappa shape index (κ1) is 16.0. The van der Waals surface area contributed by atoms with Crippen LogP contribution >= 0.6 is 0 Å². The van der Waals surface area contributed by atoms with Crippen molar-refractivity contribution in [3.8, 4) is 5.75 Å². The van der Waals surface area contributed by atoms with Gasteiger partial charge in [0.2, 0.25) is 0 Å². The smallest absolute Gasteiger partial charge is 0.119 e. The lowest BCUT2D eigenvalue weighted by Crippen LogP contribution is -2.38. The Balaban J connectivity index is 2.12. The molecule has 3 heteroatoms. The minimum atomic E-state index is 0.165. The van der Waals surface area contributed by atoms with Crippen molar-refractivity contribution in [3.63, 3.8) is 0 Å². The molecular formula is C16H27NO2. The van der Waals surface area contributed by atoms with Gasteiger partial charge in [-0.1, -0.05) is 12.1 Å². The first-order valence-corrected chi connectivity index (χ1v) is 7.06. The van der Waals surface area contributed by atoms with E-state index in [1.807, 2.05) is 19.1 Å². The van der Waals surface area contributed by atoms with E-state index in [1.165, 1.54) is 5.56 Å². The molecule has 1 rings (SSSR count). The lowest BCUT2D eigenvalue weighted by atomic mass is 10.1. The third-order valence-electron chi connectivity index (χ3n) is 2.67. The number of rotatable bonds is 8. The van der Waals surface area contributed by atoms with Crippen LogP contribution in [0.2, 0.25) is 0 Å². The maximum atomic E-state index is 5.62. The van der Waals surface area contributed by atoms with Crippen LogP contribution in [0.15, 0.2) is 24.3 Å². The number of hydrogen-bond donors (Lipinski definition) is 1. The van der Waals surface area contributed by atoms with Gasteiger partial charge in [-0.25, -0.2) is 0 Å². The van der Waals surface area contributed by atoms with Crippen molar-refractivity contribution in [3.05, 3.63) is 29.8 Å². The Morgan fingerprint density at radius 1 is 1.05 bits per heavy atom. The molecule has 19 heavy (non-hydrogen) atoms. The highest BCUT2D eigenvalue weighted by molar-refractivity contribution is 5.27. The Kier molecular flexibility index (Phi) is 6.89. The molecule has 0 saturated heterocycles. The van der Waals surface area contributed by atoms with Crippen molar-refractivity contribution < 1.29 is 9.47 Å². The molecule has 0 atom stereocenters. The van der Waals surface area contributed by atoms with Gasteiger partial charge in [0.1, 0.15) is 5.75 Å². The van der Waals surface area contributed by atoms with Crippen LogP contribution in [0.4, 0.5) is 0 Å². The molecule has 0 heterocycles. The molecule has 0 aliphatic heterocycles. The molecule has 0 amide bonds. The van der Waals surface area contributed by atoms with Crippen molar-refractivity contribution >= 4 is 0 Å². The van der Waals surface area contributed by atoms with Gasteiger partial charge in [0.25, 0.3) is 0 Å². The quantitative estimate of drug-likeness (QED) is 0.733. The van der Waals surface area contributed by atoms with Crippen LogP contribution in [0.5, 0.6) is 5.75 Å². The molecule has 1 aromatic rings. The van der Waals surface area contributed by atoms with Crippen molar-refractivity contribution in [2.75, 3.05) is 26.4 Å². The van der Waals surface area contributed by atoms with E-state index in [1.54, 1.807) is 0 Å². The second kappa shape index (κ2) is 8.18. The third-order valence-corrected chi connectivity index (χ3v) is 2.67. The fourth-order valence-corrected chi connectivity index (χ4v) is 1.71. The first-order chi connectivity index (χ1) is 9.01. The molecule has 0 unspecified atom stereocenters. The van der Waals surface area contributed by atoms with Gasteiger partial charge < -0.3 is 14.8 Å². The highest BCUT2D eigenvalue weighted by atomic mass is 16.5. The van der Waals surface area contributed by atoms with Crippen LogP contribution in [0.25, 0.3) is 0 Å². The molecule has 1 N–H and O–H groups in total. The van der Waals surface area contributed by atoms with Gasteiger partial charge in [-0.3, -0.25) is 0 Å². The average Bonchev–Trinajstić information content (AvgIpc) is 2.35. The van der Waals surface area contributed by atoms with Crippen LogP contribution in [0.3, 0.4) is 0 Å². The van der Waals surface area contributed by atoms with Crippen LogP contribution in [-0.4, -0.2) is 31.9 Å². The highest BCUT2D eigenvalue weighted by Crippen LogP contribution is 2.12. The average molecular weight is 265 g/mol. The fraction of sp³-hybridized carbons (Fsp3) is 0.625. The highest BCUT2D eigenvalue weighted by Gasteiger charge is 2.06. The van der Waals surface area contributed by atoms with Gasteiger partial charge in [-0.2, -0.15) is 0 Å². The van der Waals surface area contributed by atoms with Crippen LogP contribution < -0.4 is 10.1 Å². The Morgan fingerprint density at radius 3 is 2.32 bits per heavy atom. The first-order valence-electron chi connectivity index (χ1n) is 7.06. The number of ether oxygens (including phenoxy) is 2. The Morgan fingerprint density at radius 2 is 1.74 bits per heavy atom. The van der Waals surface area contributed by atoms with Gasteiger partial charge in [0.05, 0.1) is 19.8 Å². The zero-order valence-electron chi connectivity index (χ0n) is 12.7.